The summed E-state index contributed by atoms with van der Waals surface area (Å²) in [6.07, 6.45) is 6.32. The van der Waals surface area contributed by atoms with E-state index in [1.165, 1.54) is 5.75 Å². The van der Waals surface area contributed by atoms with E-state index in [2.05, 4.69) is 35.3 Å². The van der Waals surface area contributed by atoms with Crippen LogP contribution in [0.5, 0.6) is 0 Å². The normalized spacial score (nSPS) is 9.89. The molecular weight excluding hydrogens is 130 g/mol. The molecule has 0 spiro atoms. The molecule has 0 bridgehead atoms. The van der Waals surface area contributed by atoms with Crippen molar-refractivity contribution in [1.29, 1.82) is 0 Å². The van der Waals surface area contributed by atoms with Crippen molar-refractivity contribution in [3.63, 3.8) is 0 Å². The van der Waals surface area contributed by atoms with E-state index < -0.39 is 0 Å². The monoisotopic (exact) mass is 141 g/mol. The Balaban J connectivity index is 2.30. The van der Waals surface area contributed by atoms with Gasteiger partial charge in [-0.15, -0.1) is 0 Å². The second kappa shape index (κ2) is 3.62. The maximum absolute atomic E-state index is 2.19. The molecule has 1 rings (SSSR count). The maximum atomic E-state index is 2.19. The summed E-state index contributed by atoms with van der Waals surface area (Å²) in [5.41, 5.74) is 0. The molecule has 2 heteroatoms. The molecule has 50 valence electrons. The van der Waals surface area contributed by atoms with E-state index in [0.717, 1.165) is 6.54 Å². The van der Waals surface area contributed by atoms with E-state index in [-0.39, 0.29) is 0 Å². The van der Waals surface area contributed by atoms with Crippen LogP contribution < -0.4 is 0 Å². The van der Waals surface area contributed by atoms with Gasteiger partial charge in [-0.25, -0.2) is 0 Å². The average molecular weight is 141 g/mol. The average Bonchev–Trinajstić information content (AvgIpc) is 2.34. The topological polar surface area (TPSA) is 4.93 Å². The molecule has 9 heavy (non-hydrogen) atoms. The molecule has 0 unspecified atom stereocenters. The number of rotatable bonds is 3. The van der Waals surface area contributed by atoms with E-state index in [0.29, 0.717) is 0 Å². The zero-order valence-corrected chi connectivity index (χ0v) is 6.40. The van der Waals surface area contributed by atoms with Gasteiger partial charge in [0.05, 0.1) is 0 Å². The first-order valence-electron chi connectivity index (χ1n) is 3.03. The van der Waals surface area contributed by atoms with Gasteiger partial charge in [0.25, 0.3) is 0 Å². The van der Waals surface area contributed by atoms with Crippen molar-refractivity contribution >= 4 is 11.8 Å². The van der Waals surface area contributed by atoms with Gasteiger partial charge in [0.2, 0.25) is 0 Å². The number of thioether (sulfide) groups is 1. The maximum Gasteiger partial charge on any atom is 0.0310 e. The van der Waals surface area contributed by atoms with E-state index in [9.17, 15) is 0 Å². The Bertz CT molecular complexity index is 146. The summed E-state index contributed by atoms with van der Waals surface area (Å²) in [6.45, 7) is 1.13. The number of aryl methyl sites for hydroxylation is 1. The van der Waals surface area contributed by atoms with Crippen LogP contribution in [0.15, 0.2) is 24.5 Å². The third-order valence-electron chi connectivity index (χ3n) is 1.22. The van der Waals surface area contributed by atoms with Crippen molar-refractivity contribution in [2.75, 3.05) is 12.0 Å². The number of hydrogen-bond donors (Lipinski definition) is 0. The van der Waals surface area contributed by atoms with Gasteiger partial charge in [0.15, 0.2) is 0 Å². The van der Waals surface area contributed by atoms with Crippen LogP contribution in [-0.2, 0) is 6.54 Å². The Kier molecular flexibility index (Phi) is 2.71. The van der Waals surface area contributed by atoms with Crippen LogP contribution in [0.1, 0.15) is 0 Å². The largest absolute Gasteiger partial charge is 0.353 e. The van der Waals surface area contributed by atoms with Crippen LogP contribution in [0.2, 0.25) is 0 Å². The van der Waals surface area contributed by atoms with Gasteiger partial charge >= 0.3 is 0 Å². The lowest BCUT2D eigenvalue weighted by Crippen LogP contribution is -1.95. The van der Waals surface area contributed by atoms with Crippen LogP contribution in [0, 0.1) is 0 Å². The Morgan fingerprint density at radius 1 is 1.33 bits per heavy atom. The molecule has 0 amide bonds. The molecule has 0 fully saturated rings. The highest BCUT2D eigenvalue weighted by Gasteiger charge is 1.84. The lowest BCUT2D eigenvalue weighted by molar-refractivity contribution is 0.779. The standard InChI is InChI=1S/C7H11NS/c1-9-7-6-8-4-2-3-5-8/h2-5H,6-7H2,1H3. The minimum Gasteiger partial charge on any atom is -0.353 e. The first kappa shape index (κ1) is 6.75. The Morgan fingerprint density at radius 3 is 2.56 bits per heavy atom. The van der Waals surface area contributed by atoms with E-state index >= 15 is 0 Å². The van der Waals surface area contributed by atoms with Crippen LogP contribution in [0.25, 0.3) is 0 Å². The van der Waals surface area contributed by atoms with Crippen molar-refractivity contribution in [3.05, 3.63) is 24.5 Å². The number of nitrogens with zero attached hydrogens (tertiary/aromatic N) is 1. The minimum absolute atomic E-state index is 1.13. The second-order valence-corrected chi connectivity index (χ2v) is 2.90. The first-order chi connectivity index (χ1) is 4.43. The first-order valence-corrected chi connectivity index (χ1v) is 4.42. The lowest BCUT2D eigenvalue weighted by atomic mass is 10.7. The molecule has 1 aromatic rings. The fraction of sp³-hybridized carbons (Fsp3) is 0.429. The molecule has 0 N–H and O–H groups in total. The van der Waals surface area contributed by atoms with Gasteiger partial charge in [0.1, 0.15) is 0 Å². The molecule has 0 aliphatic heterocycles. The SMILES string of the molecule is CSCCn1cccc1. The van der Waals surface area contributed by atoms with Gasteiger partial charge in [-0.1, -0.05) is 0 Å². The molecule has 0 atom stereocenters. The Labute approximate surface area is 60.1 Å². The molecular formula is C7H11NS. The van der Waals surface area contributed by atoms with Crippen molar-refractivity contribution < 1.29 is 0 Å². The molecule has 0 saturated heterocycles. The fourth-order valence-electron chi connectivity index (χ4n) is 0.716. The molecule has 0 aliphatic rings. The van der Waals surface area contributed by atoms with Gasteiger partial charge in [-0.3, -0.25) is 0 Å². The highest BCUT2D eigenvalue weighted by atomic mass is 32.2. The molecule has 0 aromatic carbocycles. The lowest BCUT2D eigenvalue weighted by Gasteiger charge is -1.97. The Hall–Kier alpha value is -0.370. The van der Waals surface area contributed by atoms with Crippen LogP contribution in [-0.4, -0.2) is 16.6 Å². The quantitative estimate of drug-likeness (QED) is 0.622. The Morgan fingerprint density at radius 2 is 2.00 bits per heavy atom. The van der Waals surface area contributed by atoms with Gasteiger partial charge in [-0.2, -0.15) is 11.8 Å². The van der Waals surface area contributed by atoms with Crippen molar-refractivity contribution in [1.82, 2.24) is 4.57 Å². The zero-order chi connectivity index (χ0) is 6.53. The van der Waals surface area contributed by atoms with E-state index in [1.807, 2.05) is 11.8 Å². The fourth-order valence-corrected chi connectivity index (χ4v) is 1.11. The predicted molar refractivity (Wildman–Crippen MR) is 42.8 cm³/mol. The van der Waals surface area contributed by atoms with E-state index in [1.54, 1.807) is 0 Å². The van der Waals surface area contributed by atoms with Gasteiger partial charge in [0, 0.05) is 24.7 Å². The molecule has 0 aliphatic carbocycles. The predicted octanol–water partition coefficient (Wildman–Crippen LogP) is 1.85. The molecule has 0 saturated carbocycles. The molecule has 1 aromatic heterocycles. The third-order valence-corrected chi connectivity index (χ3v) is 1.81. The zero-order valence-electron chi connectivity index (χ0n) is 5.58. The molecule has 0 radical (unpaired) electrons. The minimum atomic E-state index is 1.13. The smallest absolute Gasteiger partial charge is 0.0310 e. The summed E-state index contributed by atoms with van der Waals surface area (Å²) in [5.74, 6) is 1.20. The highest BCUT2D eigenvalue weighted by Crippen LogP contribution is 1.95. The van der Waals surface area contributed by atoms with Crippen LogP contribution in [0.3, 0.4) is 0 Å². The van der Waals surface area contributed by atoms with E-state index in [4.69, 9.17) is 0 Å². The van der Waals surface area contributed by atoms with Gasteiger partial charge in [-0.05, 0) is 18.4 Å². The highest BCUT2D eigenvalue weighted by molar-refractivity contribution is 7.98. The van der Waals surface area contributed by atoms with Gasteiger partial charge < -0.3 is 4.57 Å². The third kappa shape index (κ3) is 2.14. The summed E-state index contributed by atoms with van der Waals surface area (Å²) in [5, 5.41) is 0. The second-order valence-electron chi connectivity index (χ2n) is 1.91. The summed E-state index contributed by atoms with van der Waals surface area (Å²) in [4.78, 5) is 0. The summed E-state index contributed by atoms with van der Waals surface area (Å²) in [7, 11) is 0. The van der Waals surface area contributed by atoms with Crippen molar-refractivity contribution in [2.24, 2.45) is 0 Å². The van der Waals surface area contributed by atoms with Crippen molar-refractivity contribution in [2.45, 2.75) is 6.54 Å². The number of hydrogen-bond acceptors (Lipinski definition) is 1. The summed E-state index contributed by atoms with van der Waals surface area (Å²) in [6, 6.07) is 4.11. The number of aromatic nitrogens is 1. The molecule has 1 heterocycles. The van der Waals surface area contributed by atoms with Crippen LogP contribution in [0.4, 0.5) is 0 Å². The summed E-state index contributed by atoms with van der Waals surface area (Å²) >= 11 is 1.88. The van der Waals surface area contributed by atoms with Crippen molar-refractivity contribution in [3.8, 4) is 0 Å². The van der Waals surface area contributed by atoms with Crippen LogP contribution >= 0.6 is 11.8 Å². The molecule has 1 nitrogen and oxygen atoms in total. The summed E-state index contributed by atoms with van der Waals surface area (Å²) < 4.78 is 2.19.